The zero-order valence-corrected chi connectivity index (χ0v) is 13.9. The Morgan fingerprint density at radius 1 is 1.09 bits per heavy atom. The fourth-order valence-corrected chi connectivity index (χ4v) is 2.95. The number of rotatable bonds is 1. The van der Waals surface area contributed by atoms with Crippen LogP contribution in [0.25, 0.3) is 33.5 Å². The second-order valence-corrected chi connectivity index (χ2v) is 6.33. The highest BCUT2D eigenvalue weighted by atomic mass is 127. The van der Waals surface area contributed by atoms with Gasteiger partial charge in [0.05, 0.1) is 5.52 Å². The average Bonchev–Trinajstić information content (AvgIpc) is 2.99. The van der Waals surface area contributed by atoms with E-state index in [0.717, 1.165) is 20.0 Å². The van der Waals surface area contributed by atoms with E-state index in [-0.39, 0.29) is 5.56 Å². The topological polar surface area (TPSA) is 48.0 Å². The largest absolute Gasteiger partial charge is 0.435 e. The molecule has 0 spiro atoms. The summed E-state index contributed by atoms with van der Waals surface area (Å²) in [5, 5.41) is 0.892. The number of aromatic nitrogens is 2. The Morgan fingerprint density at radius 3 is 2.59 bits per heavy atom. The molecule has 108 valence electrons. The van der Waals surface area contributed by atoms with Crippen molar-refractivity contribution in [3.05, 3.63) is 62.5 Å². The monoisotopic (exact) mass is 402 g/mol. The van der Waals surface area contributed by atoms with Crippen molar-refractivity contribution in [1.29, 1.82) is 0 Å². The summed E-state index contributed by atoms with van der Waals surface area (Å²) in [4.78, 5) is 16.9. The fourth-order valence-electron chi connectivity index (χ4n) is 2.59. The van der Waals surface area contributed by atoms with E-state index >= 15 is 0 Å². The molecule has 0 fully saturated rings. The minimum Gasteiger partial charge on any atom is -0.435 e. The van der Waals surface area contributed by atoms with Crippen LogP contribution in [-0.4, -0.2) is 9.55 Å². The molecule has 0 unspecified atom stereocenters. The molecule has 4 aromatic rings. The lowest BCUT2D eigenvalue weighted by molar-refractivity contribution is 0.622. The standard InChI is InChI=1S/C17H11IN2O2/c1-20-13-5-3-2-4-12(13)15-14(17(20)21)19-16(22-15)10-6-8-11(18)9-7-10/h2-9H,1H3. The number of benzene rings is 2. The first-order valence-electron chi connectivity index (χ1n) is 6.79. The zero-order valence-electron chi connectivity index (χ0n) is 11.7. The quantitative estimate of drug-likeness (QED) is 0.453. The number of para-hydroxylation sites is 1. The van der Waals surface area contributed by atoms with E-state index in [1.165, 1.54) is 0 Å². The van der Waals surface area contributed by atoms with Crippen molar-refractivity contribution in [2.75, 3.05) is 0 Å². The summed E-state index contributed by atoms with van der Waals surface area (Å²) in [7, 11) is 1.75. The highest BCUT2D eigenvalue weighted by Gasteiger charge is 2.16. The van der Waals surface area contributed by atoms with E-state index in [0.29, 0.717) is 17.0 Å². The Kier molecular flexibility index (Phi) is 3.04. The number of hydrogen-bond donors (Lipinski definition) is 0. The predicted octanol–water partition coefficient (Wildman–Crippen LogP) is 3.95. The van der Waals surface area contributed by atoms with Gasteiger partial charge in [0.25, 0.3) is 5.56 Å². The molecular formula is C17H11IN2O2. The second-order valence-electron chi connectivity index (χ2n) is 5.08. The van der Waals surface area contributed by atoms with Crippen molar-refractivity contribution in [1.82, 2.24) is 9.55 Å². The maximum Gasteiger partial charge on any atom is 0.280 e. The van der Waals surface area contributed by atoms with Gasteiger partial charge in [-0.3, -0.25) is 4.79 Å². The first kappa shape index (κ1) is 13.5. The van der Waals surface area contributed by atoms with Crippen LogP contribution >= 0.6 is 22.6 Å². The van der Waals surface area contributed by atoms with E-state index in [9.17, 15) is 4.79 Å². The van der Waals surface area contributed by atoms with E-state index in [1.54, 1.807) is 11.6 Å². The van der Waals surface area contributed by atoms with Gasteiger partial charge in [-0.1, -0.05) is 12.1 Å². The second kappa shape index (κ2) is 4.95. The number of halogens is 1. The van der Waals surface area contributed by atoms with Crippen LogP contribution in [0.2, 0.25) is 0 Å². The molecule has 0 saturated carbocycles. The van der Waals surface area contributed by atoms with Crippen LogP contribution in [0.4, 0.5) is 0 Å². The summed E-state index contributed by atoms with van der Waals surface area (Å²) < 4.78 is 8.66. The van der Waals surface area contributed by atoms with Crippen LogP contribution in [0.5, 0.6) is 0 Å². The predicted molar refractivity (Wildman–Crippen MR) is 94.9 cm³/mol. The van der Waals surface area contributed by atoms with Gasteiger partial charge >= 0.3 is 0 Å². The zero-order chi connectivity index (χ0) is 15.3. The van der Waals surface area contributed by atoms with Crippen LogP contribution in [0.15, 0.2) is 57.7 Å². The molecule has 4 nitrogen and oxygen atoms in total. The van der Waals surface area contributed by atoms with Gasteiger partial charge < -0.3 is 8.98 Å². The molecule has 22 heavy (non-hydrogen) atoms. The van der Waals surface area contributed by atoms with Gasteiger partial charge in [0.1, 0.15) is 0 Å². The highest BCUT2D eigenvalue weighted by molar-refractivity contribution is 14.1. The minimum atomic E-state index is -0.144. The lowest BCUT2D eigenvalue weighted by Gasteiger charge is -2.03. The van der Waals surface area contributed by atoms with Crippen molar-refractivity contribution in [3.8, 4) is 11.5 Å². The third-order valence-electron chi connectivity index (χ3n) is 3.74. The number of fused-ring (bicyclic) bond motifs is 3. The molecule has 0 saturated heterocycles. The number of aryl methyl sites for hydroxylation is 1. The fraction of sp³-hybridized carbons (Fsp3) is 0.0588. The highest BCUT2D eigenvalue weighted by Crippen LogP contribution is 2.28. The molecule has 4 rings (SSSR count). The molecule has 2 aromatic carbocycles. The molecule has 0 N–H and O–H groups in total. The van der Waals surface area contributed by atoms with Crippen molar-refractivity contribution in [2.45, 2.75) is 0 Å². The molecule has 2 heterocycles. The van der Waals surface area contributed by atoms with Crippen LogP contribution in [-0.2, 0) is 7.05 Å². The summed E-state index contributed by atoms with van der Waals surface area (Å²) >= 11 is 2.25. The van der Waals surface area contributed by atoms with Gasteiger partial charge in [-0.15, -0.1) is 0 Å². The van der Waals surface area contributed by atoms with Gasteiger partial charge in [0.2, 0.25) is 5.89 Å². The Bertz CT molecular complexity index is 1060. The van der Waals surface area contributed by atoms with Crippen molar-refractivity contribution < 1.29 is 4.42 Å². The molecule has 0 bridgehead atoms. The van der Waals surface area contributed by atoms with E-state index in [1.807, 2.05) is 48.5 Å². The number of oxazole rings is 1. The molecular weight excluding hydrogens is 391 g/mol. The van der Waals surface area contributed by atoms with Crippen molar-refractivity contribution in [2.24, 2.45) is 7.05 Å². The summed E-state index contributed by atoms with van der Waals surface area (Å²) in [6, 6.07) is 15.5. The van der Waals surface area contributed by atoms with Gasteiger partial charge in [0.15, 0.2) is 11.1 Å². The summed E-state index contributed by atoms with van der Waals surface area (Å²) in [6.07, 6.45) is 0. The van der Waals surface area contributed by atoms with E-state index in [4.69, 9.17) is 4.42 Å². The lowest BCUT2D eigenvalue weighted by atomic mass is 10.2. The van der Waals surface area contributed by atoms with Gasteiger partial charge in [0, 0.05) is 21.6 Å². The normalized spacial score (nSPS) is 11.4. The maximum atomic E-state index is 12.5. The minimum absolute atomic E-state index is 0.144. The molecule has 0 aliphatic rings. The Hall–Kier alpha value is -2.15. The van der Waals surface area contributed by atoms with Gasteiger partial charge in [-0.2, -0.15) is 0 Å². The Labute approximate surface area is 139 Å². The van der Waals surface area contributed by atoms with Crippen LogP contribution < -0.4 is 5.56 Å². The van der Waals surface area contributed by atoms with E-state index in [2.05, 4.69) is 27.6 Å². The Morgan fingerprint density at radius 2 is 1.82 bits per heavy atom. The number of nitrogens with zero attached hydrogens (tertiary/aromatic N) is 2. The molecule has 0 aliphatic heterocycles. The van der Waals surface area contributed by atoms with Crippen molar-refractivity contribution in [3.63, 3.8) is 0 Å². The number of hydrogen-bond acceptors (Lipinski definition) is 3. The smallest absolute Gasteiger partial charge is 0.280 e. The average molecular weight is 402 g/mol. The SMILES string of the molecule is Cn1c(=O)c2nc(-c3ccc(I)cc3)oc2c2ccccc21. The summed E-state index contributed by atoms with van der Waals surface area (Å²) in [5.41, 5.74) is 2.48. The first-order chi connectivity index (χ1) is 10.6. The molecule has 0 atom stereocenters. The molecule has 2 aromatic heterocycles. The lowest BCUT2D eigenvalue weighted by Crippen LogP contribution is -2.17. The summed E-state index contributed by atoms with van der Waals surface area (Å²) in [6.45, 7) is 0. The number of pyridine rings is 1. The molecule has 0 radical (unpaired) electrons. The van der Waals surface area contributed by atoms with Crippen LogP contribution in [0.1, 0.15) is 0 Å². The molecule has 5 heteroatoms. The van der Waals surface area contributed by atoms with Crippen LogP contribution in [0, 0.1) is 3.57 Å². The molecule has 0 amide bonds. The first-order valence-corrected chi connectivity index (χ1v) is 7.87. The van der Waals surface area contributed by atoms with Crippen molar-refractivity contribution >= 4 is 44.6 Å². The maximum absolute atomic E-state index is 12.5. The van der Waals surface area contributed by atoms with Gasteiger partial charge in [-0.05, 0) is 59.0 Å². The molecule has 0 aliphatic carbocycles. The third-order valence-corrected chi connectivity index (χ3v) is 4.45. The summed E-state index contributed by atoms with van der Waals surface area (Å²) in [5.74, 6) is 0.472. The van der Waals surface area contributed by atoms with E-state index < -0.39 is 0 Å². The van der Waals surface area contributed by atoms with Gasteiger partial charge in [-0.25, -0.2) is 4.98 Å². The third kappa shape index (κ3) is 1.96. The Balaban J connectivity index is 2.09. The van der Waals surface area contributed by atoms with Crippen LogP contribution in [0.3, 0.4) is 0 Å².